The van der Waals surface area contributed by atoms with Crippen LogP contribution in [-0.4, -0.2) is 36.7 Å². The molecule has 1 atom stereocenters. The number of rotatable bonds is 7. The van der Waals surface area contributed by atoms with Gasteiger partial charge < -0.3 is 15.8 Å². The molecule has 2 amide bonds. The van der Waals surface area contributed by atoms with Crippen molar-refractivity contribution in [1.29, 1.82) is 0 Å². The molecule has 3 N–H and O–H groups in total. The Kier molecular flexibility index (Phi) is 5.88. The molecule has 1 aliphatic rings. The number of hydrogen-bond donors (Lipinski definition) is 2. The number of primary amides is 1. The van der Waals surface area contributed by atoms with Gasteiger partial charge in [-0.3, -0.25) is 14.6 Å². The van der Waals surface area contributed by atoms with E-state index in [1.165, 1.54) is 29.3 Å². The lowest BCUT2D eigenvalue weighted by Gasteiger charge is -2.20. The molecule has 3 rings (SSSR count). The summed E-state index contributed by atoms with van der Waals surface area (Å²) in [6, 6.07) is 12.3. The van der Waals surface area contributed by atoms with Crippen LogP contribution in [0, 0.1) is 12.7 Å². The van der Waals surface area contributed by atoms with Crippen molar-refractivity contribution in [2.24, 2.45) is 10.8 Å². The molecule has 7 nitrogen and oxygen atoms in total. The first-order valence-corrected chi connectivity index (χ1v) is 8.83. The SMILES string of the molecule is Cc1ccc(OCCNC(=O)C2=NN(c3ccc(F)cc3)[C@H](C(N)=O)C2)cc1. The smallest absolute Gasteiger partial charge is 0.267 e. The first kappa shape index (κ1) is 19.3. The predicted octanol–water partition coefficient (Wildman–Crippen LogP) is 1.75. The van der Waals surface area contributed by atoms with Crippen molar-refractivity contribution in [2.75, 3.05) is 18.2 Å². The van der Waals surface area contributed by atoms with Crippen molar-refractivity contribution < 1.29 is 18.7 Å². The number of carbonyl (C=O) groups excluding carboxylic acids is 2. The number of hydrazone groups is 1. The third-order valence-electron chi connectivity index (χ3n) is 4.27. The standard InChI is InChI=1S/C20H21FN4O3/c1-13-2-8-16(9-3-13)28-11-10-23-20(27)17-12-18(19(22)26)25(24-17)15-6-4-14(21)5-7-15/h2-9,18H,10-12H2,1H3,(H2,22,26)(H,23,27)/t18-/m0/s1. The molecular formula is C20H21FN4O3. The molecule has 0 bridgehead atoms. The van der Waals surface area contributed by atoms with Gasteiger partial charge in [-0.2, -0.15) is 5.10 Å². The van der Waals surface area contributed by atoms with Crippen molar-refractivity contribution in [1.82, 2.24) is 5.32 Å². The van der Waals surface area contributed by atoms with E-state index in [1.54, 1.807) is 0 Å². The van der Waals surface area contributed by atoms with E-state index in [9.17, 15) is 14.0 Å². The van der Waals surface area contributed by atoms with Gasteiger partial charge in [-0.25, -0.2) is 4.39 Å². The van der Waals surface area contributed by atoms with Gasteiger partial charge in [0.15, 0.2) is 0 Å². The van der Waals surface area contributed by atoms with E-state index in [-0.39, 0.29) is 18.7 Å². The lowest BCUT2D eigenvalue weighted by Crippen LogP contribution is -2.40. The third-order valence-corrected chi connectivity index (χ3v) is 4.27. The third kappa shape index (κ3) is 4.64. The zero-order chi connectivity index (χ0) is 20.1. The van der Waals surface area contributed by atoms with Crippen LogP contribution in [0.4, 0.5) is 10.1 Å². The molecule has 0 saturated heterocycles. The van der Waals surface area contributed by atoms with E-state index < -0.39 is 23.7 Å². The maximum absolute atomic E-state index is 13.1. The number of nitrogens with zero attached hydrogens (tertiary/aromatic N) is 2. The topological polar surface area (TPSA) is 97.0 Å². The molecule has 146 valence electrons. The van der Waals surface area contributed by atoms with Gasteiger partial charge in [0.2, 0.25) is 5.91 Å². The molecule has 0 unspecified atom stereocenters. The lowest BCUT2D eigenvalue weighted by atomic mass is 10.1. The highest BCUT2D eigenvalue weighted by molar-refractivity contribution is 6.40. The molecule has 0 radical (unpaired) electrons. The summed E-state index contributed by atoms with van der Waals surface area (Å²) in [6.07, 6.45) is 0.0807. The number of ether oxygens (including phenoxy) is 1. The number of nitrogens with two attached hydrogens (primary N) is 1. The Labute approximate surface area is 162 Å². The van der Waals surface area contributed by atoms with Crippen LogP contribution in [0.25, 0.3) is 0 Å². The van der Waals surface area contributed by atoms with Crippen LogP contribution in [0.5, 0.6) is 5.75 Å². The van der Waals surface area contributed by atoms with E-state index in [1.807, 2.05) is 31.2 Å². The van der Waals surface area contributed by atoms with Crippen LogP contribution in [0.2, 0.25) is 0 Å². The van der Waals surface area contributed by atoms with Crippen LogP contribution in [0.1, 0.15) is 12.0 Å². The summed E-state index contributed by atoms with van der Waals surface area (Å²) in [5, 5.41) is 8.27. The highest BCUT2D eigenvalue weighted by Crippen LogP contribution is 2.24. The molecule has 0 fully saturated rings. The first-order valence-electron chi connectivity index (χ1n) is 8.83. The van der Waals surface area contributed by atoms with Gasteiger partial charge in [0.05, 0.1) is 12.2 Å². The molecule has 0 saturated carbocycles. The number of halogens is 1. The Hall–Kier alpha value is -3.42. The molecule has 0 aromatic heterocycles. The number of anilines is 1. The zero-order valence-electron chi connectivity index (χ0n) is 15.4. The van der Waals surface area contributed by atoms with Gasteiger partial charge >= 0.3 is 0 Å². The van der Waals surface area contributed by atoms with Crippen molar-refractivity contribution in [3.8, 4) is 5.75 Å². The quantitative estimate of drug-likeness (QED) is 0.711. The monoisotopic (exact) mass is 384 g/mol. The molecular weight excluding hydrogens is 363 g/mol. The van der Waals surface area contributed by atoms with Gasteiger partial charge in [0, 0.05) is 6.42 Å². The van der Waals surface area contributed by atoms with Crippen molar-refractivity contribution >= 4 is 23.2 Å². The second-order valence-corrected chi connectivity index (χ2v) is 6.41. The maximum atomic E-state index is 13.1. The average Bonchev–Trinajstić information content (AvgIpc) is 3.13. The Morgan fingerprint density at radius 3 is 2.54 bits per heavy atom. The summed E-state index contributed by atoms with van der Waals surface area (Å²) in [7, 11) is 0. The second kappa shape index (κ2) is 8.51. The number of hydrogen-bond acceptors (Lipinski definition) is 5. The average molecular weight is 384 g/mol. The molecule has 28 heavy (non-hydrogen) atoms. The fourth-order valence-electron chi connectivity index (χ4n) is 2.77. The summed E-state index contributed by atoms with van der Waals surface area (Å²) in [4.78, 5) is 24.1. The van der Waals surface area contributed by atoms with Crippen molar-refractivity contribution in [3.63, 3.8) is 0 Å². The van der Waals surface area contributed by atoms with Gasteiger partial charge in [0.1, 0.15) is 29.9 Å². The maximum Gasteiger partial charge on any atom is 0.267 e. The van der Waals surface area contributed by atoms with Gasteiger partial charge in [-0.15, -0.1) is 0 Å². The van der Waals surface area contributed by atoms with E-state index in [2.05, 4.69) is 10.4 Å². The van der Waals surface area contributed by atoms with E-state index in [0.717, 1.165) is 5.56 Å². The highest BCUT2D eigenvalue weighted by Gasteiger charge is 2.34. The number of carbonyl (C=O) groups is 2. The molecule has 2 aromatic carbocycles. The zero-order valence-corrected chi connectivity index (χ0v) is 15.4. The minimum atomic E-state index is -0.796. The van der Waals surface area contributed by atoms with E-state index in [4.69, 9.17) is 10.5 Å². The Bertz CT molecular complexity index is 881. The first-order chi connectivity index (χ1) is 13.4. The summed E-state index contributed by atoms with van der Waals surface area (Å²) in [6.45, 7) is 2.56. The van der Waals surface area contributed by atoms with Crippen LogP contribution in [-0.2, 0) is 9.59 Å². The van der Waals surface area contributed by atoms with Gasteiger partial charge in [0.25, 0.3) is 5.91 Å². The normalized spacial score (nSPS) is 15.9. The van der Waals surface area contributed by atoms with Crippen LogP contribution in [0.15, 0.2) is 53.6 Å². The Balaban J connectivity index is 1.57. The molecule has 8 heteroatoms. The second-order valence-electron chi connectivity index (χ2n) is 6.41. The number of nitrogens with one attached hydrogen (secondary N) is 1. The number of amides is 2. The summed E-state index contributed by atoms with van der Waals surface area (Å²) in [5.74, 6) is -0.703. The van der Waals surface area contributed by atoms with Gasteiger partial charge in [-0.05, 0) is 43.3 Å². The fourth-order valence-corrected chi connectivity index (χ4v) is 2.77. The van der Waals surface area contributed by atoms with E-state index in [0.29, 0.717) is 18.0 Å². The Morgan fingerprint density at radius 1 is 1.21 bits per heavy atom. The van der Waals surface area contributed by atoms with Crippen LogP contribution in [0.3, 0.4) is 0 Å². The molecule has 0 aliphatic carbocycles. The molecule has 1 heterocycles. The largest absolute Gasteiger partial charge is 0.492 e. The summed E-state index contributed by atoms with van der Waals surface area (Å²) >= 11 is 0. The highest BCUT2D eigenvalue weighted by atomic mass is 19.1. The summed E-state index contributed by atoms with van der Waals surface area (Å²) < 4.78 is 18.7. The number of benzene rings is 2. The van der Waals surface area contributed by atoms with Crippen LogP contribution >= 0.6 is 0 Å². The minimum absolute atomic E-state index is 0.0807. The molecule has 0 spiro atoms. The van der Waals surface area contributed by atoms with Gasteiger partial charge in [-0.1, -0.05) is 17.7 Å². The molecule has 1 aliphatic heterocycles. The van der Waals surface area contributed by atoms with Crippen LogP contribution < -0.4 is 20.8 Å². The summed E-state index contributed by atoms with van der Waals surface area (Å²) in [5.41, 5.74) is 7.23. The van der Waals surface area contributed by atoms with Crippen molar-refractivity contribution in [2.45, 2.75) is 19.4 Å². The number of aryl methyl sites for hydroxylation is 1. The predicted molar refractivity (Wildman–Crippen MR) is 104 cm³/mol. The fraction of sp³-hybridized carbons (Fsp3) is 0.250. The van der Waals surface area contributed by atoms with Crippen molar-refractivity contribution in [3.05, 3.63) is 59.9 Å². The molecule has 2 aromatic rings. The lowest BCUT2D eigenvalue weighted by molar-refractivity contribution is -0.119. The minimum Gasteiger partial charge on any atom is -0.492 e. The Morgan fingerprint density at radius 2 is 1.89 bits per heavy atom. The van der Waals surface area contributed by atoms with E-state index >= 15 is 0 Å².